The van der Waals surface area contributed by atoms with Crippen molar-refractivity contribution < 1.29 is 47.2 Å². The van der Waals surface area contributed by atoms with Gasteiger partial charge in [-0.3, -0.25) is 0 Å². The average molecular weight is 665 g/mol. The first-order chi connectivity index (χ1) is 36.5. The average Bonchev–Trinajstić information content (AvgIpc) is 3.86. The van der Waals surface area contributed by atoms with Crippen LogP contribution in [0.15, 0.2) is 178 Å². The predicted octanol–water partition coefficient (Wildman–Crippen LogP) is 13.9. The first-order valence-corrected chi connectivity index (χ1v) is 14.8. The topological polar surface area (TPSA) is 26.3 Å². The Balaban J connectivity index is 1.39. The molecule has 2 heteroatoms. The Labute approximate surface area is 326 Å². The second-order valence-electron chi connectivity index (χ2n) is 11.0. The molecule has 11 rings (SSSR count). The van der Waals surface area contributed by atoms with Crippen LogP contribution in [-0.4, -0.2) is 0 Å². The smallest absolute Gasteiger partial charge is 0.136 e. The molecule has 0 fully saturated rings. The van der Waals surface area contributed by atoms with Gasteiger partial charge in [0.15, 0.2) is 0 Å². The van der Waals surface area contributed by atoms with Crippen molar-refractivity contribution in [1.82, 2.24) is 0 Å². The summed E-state index contributed by atoms with van der Waals surface area (Å²) in [5, 5.41) is -5.74. The molecule has 0 aliphatic rings. The maximum atomic E-state index is 9.90. The van der Waals surface area contributed by atoms with E-state index in [4.69, 9.17) is 32.1 Å². The van der Waals surface area contributed by atoms with Crippen LogP contribution in [0.25, 0.3) is 110 Å². The van der Waals surface area contributed by atoms with E-state index >= 15 is 0 Å². The molecule has 50 heavy (non-hydrogen) atoms. The standard InChI is InChI=1S/C48H28O2/c1-2-12-29(13-3-1)45-34-16-6-8-18-36(34)46(37-19-9-7-17-35(37)45)38-25-24-31(32-14-4-5-15-33(32)38)30-22-23-40-44(28-30)50-43-27-26-42-47(48(40)43)39-20-10-11-21-41(39)49-42/h1-28H/i1D,2D,3D,4D,5D,6D,7D,8D,9D,10D,11D,12D,13D,14D,15D,16D,17D,18D,19D,20D,21D,22D,23D,24D,25D,26D,27D,28D. The van der Waals surface area contributed by atoms with Gasteiger partial charge in [0.1, 0.15) is 22.3 Å². The molecule has 0 N–H and O–H groups in total. The lowest BCUT2D eigenvalue weighted by atomic mass is 9.84. The number of rotatable bonds is 3. The van der Waals surface area contributed by atoms with Crippen LogP contribution in [-0.2, 0) is 0 Å². The van der Waals surface area contributed by atoms with Gasteiger partial charge in [-0.15, -0.1) is 0 Å². The Hall–Kier alpha value is -6.64. The van der Waals surface area contributed by atoms with Crippen LogP contribution in [0.1, 0.15) is 38.4 Å². The second kappa shape index (κ2) is 10.4. The van der Waals surface area contributed by atoms with E-state index in [1.807, 2.05) is 0 Å². The molecule has 2 heterocycles. The summed E-state index contributed by atoms with van der Waals surface area (Å²) in [6.07, 6.45) is 0. The van der Waals surface area contributed by atoms with Gasteiger partial charge in [0.2, 0.25) is 0 Å². The normalized spacial score (nSPS) is 19.8. The first-order valence-electron chi connectivity index (χ1n) is 28.8. The maximum Gasteiger partial charge on any atom is 0.136 e. The van der Waals surface area contributed by atoms with Crippen LogP contribution in [0, 0.1) is 0 Å². The van der Waals surface area contributed by atoms with Crippen molar-refractivity contribution in [3.63, 3.8) is 0 Å². The van der Waals surface area contributed by atoms with Crippen molar-refractivity contribution >= 4 is 76.2 Å². The van der Waals surface area contributed by atoms with Gasteiger partial charge in [0, 0.05) is 21.5 Å². The maximum absolute atomic E-state index is 9.90. The Bertz CT molecular complexity index is 4660. The molecule has 0 bridgehead atoms. The summed E-state index contributed by atoms with van der Waals surface area (Å²) < 4.78 is 265. The molecule has 0 unspecified atom stereocenters. The number of furan rings is 2. The highest BCUT2D eigenvalue weighted by atomic mass is 16.3. The molecule has 0 radical (unpaired) electrons. The number of fused-ring (bicyclic) bond motifs is 10. The molecule has 9 aromatic carbocycles. The van der Waals surface area contributed by atoms with Crippen LogP contribution in [0.2, 0.25) is 0 Å². The zero-order chi connectivity index (χ0) is 57.1. The fourth-order valence-electron chi connectivity index (χ4n) is 6.43. The molecule has 0 aliphatic heterocycles. The van der Waals surface area contributed by atoms with Gasteiger partial charge >= 0.3 is 0 Å². The van der Waals surface area contributed by atoms with Crippen LogP contribution < -0.4 is 0 Å². The van der Waals surface area contributed by atoms with E-state index in [1.165, 1.54) is 0 Å². The minimum absolute atomic E-state index is 0.238. The molecule has 2 nitrogen and oxygen atoms in total. The summed E-state index contributed by atoms with van der Waals surface area (Å²) in [7, 11) is 0. The lowest BCUT2D eigenvalue weighted by Gasteiger charge is -2.19. The lowest BCUT2D eigenvalue weighted by Crippen LogP contribution is -1.92. The SMILES string of the molecule is [2H]c1c([2H])c([2H])c(-c2c3c([2H])c([2H])c([2H])c([2H])c3c(-c3c([2H])c([2H])c(-c4c([2H])c([2H])c5c(oc6c([2H])c([2H])c7oc8c([2H])c([2H])c([2H])c([2H])c8c7c65)c4[2H])c4c([2H])c([2H])c([2H])c([2H])c34)c3c([2H])c([2H])c([2H])c([2H])c23)c([2H])c1[2H]. The number of hydrogen-bond acceptors (Lipinski definition) is 2. The summed E-state index contributed by atoms with van der Waals surface area (Å²) in [5.74, 6) is 0. The van der Waals surface area contributed by atoms with E-state index in [1.54, 1.807) is 0 Å². The highest BCUT2D eigenvalue weighted by molar-refractivity contribution is 6.27. The number of benzene rings is 9. The van der Waals surface area contributed by atoms with Crippen molar-refractivity contribution in [2.75, 3.05) is 0 Å². The van der Waals surface area contributed by atoms with Gasteiger partial charge in [-0.1, -0.05) is 139 Å². The molecular formula is C48H28O2. The van der Waals surface area contributed by atoms with Crippen LogP contribution >= 0.6 is 0 Å². The van der Waals surface area contributed by atoms with Crippen molar-refractivity contribution in [2.45, 2.75) is 0 Å². The minimum Gasteiger partial charge on any atom is -0.456 e. The monoisotopic (exact) mass is 664 g/mol. The van der Waals surface area contributed by atoms with Crippen molar-refractivity contribution in [3.8, 4) is 33.4 Å². The van der Waals surface area contributed by atoms with Crippen LogP contribution in [0.4, 0.5) is 0 Å². The zero-order valence-corrected chi connectivity index (χ0v) is 24.8. The zero-order valence-electron chi connectivity index (χ0n) is 52.8. The Kier molecular flexibility index (Phi) is 2.45. The van der Waals surface area contributed by atoms with Gasteiger partial charge < -0.3 is 8.83 Å². The molecular weight excluding hydrogens is 609 g/mol. The molecule has 0 atom stereocenters. The van der Waals surface area contributed by atoms with E-state index in [0.29, 0.717) is 0 Å². The quantitative estimate of drug-likeness (QED) is 0.176. The van der Waals surface area contributed by atoms with E-state index < -0.39 is 263 Å². The first kappa shape index (κ1) is 11.8. The summed E-state index contributed by atoms with van der Waals surface area (Å²) >= 11 is 0. The third-order valence-corrected chi connectivity index (χ3v) is 8.46. The highest BCUT2D eigenvalue weighted by Crippen LogP contribution is 2.47. The van der Waals surface area contributed by atoms with E-state index in [9.17, 15) is 15.1 Å². The van der Waals surface area contributed by atoms with E-state index in [-0.39, 0.29) is 16.2 Å². The van der Waals surface area contributed by atoms with Gasteiger partial charge in [0.25, 0.3) is 0 Å². The number of hydrogen-bond donors (Lipinski definition) is 0. The minimum atomic E-state index is -1.11. The largest absolute Gasteiger partial charge is 0.456 e. The predicted molar refractivity (Wildman–Crippen MR) is 210 cm³/mol. The van der Waals surface area contributed by atoms with E-state index in [2.05, 4.69) is 0 Å². The molecule has 0 saturated heterocycles. The molecule has 0 saturated carbocycles. The third-order valence-electron chi connectivity index (χ3n) is 8.46. The van der Waals surface area contributed by atoms with Gasteiger partial charge in [-0.05, 0) is 95.9 Å². The van der Waals surface area contributed by atoms with Crippen LogP contribution in [0.3, 0.4) is 0 Å². The molecule has 0 aliphatic carbocycles. The summed E-state index contributed by atoms with van der Waals surface area (Å²) in [5.41, 5.74) is -6.62. The van der Waals surface area contributed by atoms with Crippen molar-refractivity contribution in [1.29, 1.82) is 0 Å². The summed E-state index contributed by atoms with van der Waals surface area (Å²) in [6, 6.07) is -25.7. The van der Waals surface area contributed by atoms with Crippen LogP contribution in [0.5, 0.6) is 0 Å². The summed E-state index contributed by atoms with van der Waals surface area (Å²) in [6.45, 7) is 0. The third kappa shape index (κ3) is 3.85. The van der Waals surface area contributed by atoms with Gasteiger partial charge in [-0.25, -0.2) is 0 Å². The highest BCUT2D eigenvalue weighted by Gasteiger charge is 2.20. The number of para-hydroxylation sites is 1. The summed E-state index contributed by atoms with van der Waals surface area (Å²) in [4.78, 5) is 0. The fourth-order valence-corrected chi connectivity index (χ4v) is 6.43. The van der Waals surface area contributed by atoms with Gasteiger partial charge in [-0.2, -0.15) is 0 Å². The molecule has 0 amide bonds. The van der Waals surface area contributed by atoms with Gasteiger partial charge in [0.05, 0.1) is 38.4 Å². The Morgan fingerprint density at radius 2 is 0.780 bits per heavy atom. The second-order valence-corrected chi connectivity index (χ2v) is 11.0. The molecule has 0 spiro atoms. The Morgan fingerprint density at radius 3 is 1.44 bits per heavy atom. The Morgan fingerprint density at radius 1 is 0.300 bits per heavy atom. The van der Waals surface area contributed by atoms with E-state index in [0.717, 1.165) is 0 Å². The lowest BCUT2D eigenvalue weighted by molar-refractivity contribution is 0.663. The molecule has 11 aromatic rings. The molecule has 232 valence electrons. The molecule has 2 aromatic heterocycles. The van der Waals surface area contributed by atoms with Crippen molar-refractivity contribution in [2.24, 2.45) is 0 Å². The van der Waals surface area contributed by atoms with Crippen molar-refractivity contribution in [3.05, 3.63) is 169 Å². The fraction of sp³-hybridized carbons (Fsp3) is 0.